The molecule has 1 nitrogen and oxygen atoms in total. The highest BCUT2D eigenvalue weighted by Crippen LogP contribution is 2.30. The minimum absolute atomic E-state index is 0.949. The first kappa shape index (κ1) is 45.0. The third-order valence-corrected chi connectivity index (χ3v) is 9.28. The second-order valence-electron chi connectivity index (χ2n) is 12.5. The van der Waals surface area contributed by atoms with E-state index in [1.807, 2.05) is 6.07 Å². The number of aryl methyl sites for hydroxylation is 1. The predicted molar refractivity (Wildman–Crippen MR) is 171 cm³/mol. The molecule has 1 aromatic heterocycles. The van der Waals surface area contributed by atoms with Gasteiger partial charge < -0.3 is 0 Å². The summed E-state index contributed by atoms with van der Waals surface area (Å²) in [4.78, 5) is 0. The molecule has 0 aliphatic carbocycles. The Bertz CT molecular complexity index is 2270. The van der Waals surface area contributed by atoms with E-state index in [9.17, 15) is 52.7 Å². The standard InChI is InChI=1S/C24BF20.C14H16N/c26-5-1(6(27)14(35)21(42)13(5)34)25(2-7(28)15(36)22(43)16(37)8(2)29,3-9(30)17(38)23(44)18(39)10(3)31)4-11(32)19(40)24(45)20(41)12(4)33;1-2-13-6-8-14(9-7-13)12-15-10-4-3-5-11-15/h;3-11H,2,12H2,1H3/q-1;+1. The van der Waals surface area contributed by atoms with Gasteiger partial charge in [0.05, 0.1) is 0 Å². The van der Waals surface area contributed by atoms with Crippen molar-refractivity contribution in [2.75, 3.05) is 0 Å². The number of pyridine rings is 1. The quantitative estimate of drug-likeness (QED) is 0.0499. The minimum atomic E-state index is -7.22. The lowest BCUT2D eigenvalue weighted by Gasteiger charge is -2.44. The Hall–Kier alpha value is -6.09. The zero-order valence-corrected chi connectivity index (χ0v) is 29.2. The molecule has 0 spiro atoms. The van der Waals surface area contributed by atoms with Crippen molar-refractivity contribution in [3.8, 4) is 0 Å². The summed E-state index contributed by atoms with van der Waals surface area (Å²) in [5.74, 6) is -71.4. The Balaban J connectivity index is 0.000000379. The minimum Gasteiger partial charge on any atom is -0.207 e. The Kier molecular flexibility index (Phi) is 12.7. The van der Waals surface area contributed by atoms with Gasteiger partial charge in [-0.2, -0.15) is 0 Å². The van der Waals surface area contributed by atoms with Gasteiger partial charge in [0, 0.05) is 17.7 Å². The van der Waals surface area contributed by atoms with E-state index >= 15 is 35.1 Å². The number of hydrogen-bond donors (Lipinski definition) is 0. The Morgan fingerprint density at radius 1 is 0.317 bits per heavy atom. The molecule has 0 unspecified atom stereocenters. The van der Waals surface area contributed by atoms with Crippen LogP contribution >= 0.6 is 0 Å². The Morgan fingerprint density at radius 3 is 0.767 bits per heavy atom. The average Bonchev–Trinajstić information content (AvgIpc) is 3.24. The number of rotatable bonds is 7. The molecule has 0 saturated heterocycles. The van der Waals surface area contributed by atoms with Crippen molar-refractivity contribution in [1.82, 2.24) is 0 Å². The molecule has 316 valence electrons. The molecule has 22 heteroatoms. The highest BCUT2D eigenvalue weighted by atomic mass is 19.2. The molecule has 6 aromatic rings. The van der Waals surface area contributed by atoms with Crippen molar-refractivity contribution in [3.05, 3.63) is 182 Å². The van der Waals surface area contributed by atoms with Crippen molar-refractivity contribution >= 4 is 28.0 Å². The number of nitrogens with zero attached hydrogens (tertiary/aromatic N) is 1. The summed E-state index contributed by atoms with van der Waals surface area (Å²) < 4.78 is 296. The second kappa shape index (κ2) is 16.9. The summed E-state index contributed by atoms with van der Waals surface area (Å²) in [5, 5.41) is 0. The summed E-state index contributed by atoms with van der Waals surface area (Å²) >= 11 is 0. The third kappa shape index (κ3) is 7.08. The highest BCUT2D eigenvalue weighted by Gasteiger charge is 2.52. The fourth-order valence-corrected chi connectivity index (χ4v) is 6.51. The van der Waals surface area contributed by atoms with Crippen LogP contribution in [0.2, 0.25) is 0 Å². The van der Waals surface area contributed by atoms with Crippen LogP contribution in [0.25, 0.3) is 0 Å². The predicted octanol–water partition coefficient (Wildman–Crippen LogP) is 8.43. The molecule has 0 N–H and O–H groups in total. The molecule has 0 amide bonds. The van der Waals surface area contributed by atoms with Crippen molar-refractivity contribution in [3.63, 3.8) is 0 Å². The van der Waals surface area contributed by atoms with E-state index in [-0.39, 0.29) is 0 Å². The molecule has 0 atom stereocenters. The molecule has 0 bridgehead atoms. The average molecular weight is 877 g/mol. The van der Waals surface area contributed by atoms with Crippen molar-refractivity contribution in [1.29, 1.82) is 0 Å². The molecule has 5 aromatic carbocycles. The summed E-state index contributed by atoms with van der Waals surface area (Å²) in [6, 6.07) is 15.0. The highest BCUT2D eigenvalue weighted by molar-refractivity contribution is 7.20. The maximum Gasteiger partial charge on any atom is 0.200 e. The van der Waals surface area contributed by atoms with E-state index in [2.05, 4.69) is 60.3 Å². The van der Waals surface area contributed by atoms with E-state index < -0.39 is 144 Å². The van der Waals surface area contributed by atoms with Gasteiger partial charge in [0.1, 0.15) is 52.7 Å². The summed E-state index contributed by atoms with van der Waals surface area (Å²) in [6.45, 7) is 3.13. The number of benzene rings is 5. The van der Waals surface area contributed by atoms with E-state index in [4.69, 9.17) is 0 Å². The van der Waals surface area contributed by atoms with Crippen LogP contribution in [-0.2, 0) is 13.0 Å². The Labute approximate surface area is 322 Å². The molecule has 6 rings (SSSR count). The molecule has 0 aliphatic rings. The zero-order chi connectivity index (χ0) is 44.9. The van der Waals surface area contributed by atoms with Gasteiger partial charge in [0.25, 0.3) is 0 Å². The van der Waals surface area contributed by atoms with Crippen LogP contribution in [-0.4, -0.2) is 6.15 Å². The number of hydrogen-bond acceptors (Lipinski definition) is 0. The topological polar surface area (TPSA) is 3.88 Å². The molecule has 0 radical (unpaired) electrons. The first-order valence-corrected chi connectivity index (χ1v) is 16.3. The molecular formula is C38H16BF20N. The molecular weight excluding hydrogens is 861 g/mol. The largest absolute Gasteiger partial charge is 0.207 e. The maximum atomic E-state index is 15.4. The Morgan fingerprint density at radius 2 is 0.533 bits per heavy atom. The molecule has 0 aliphatic heterocycles. The van der Waals surface area contributed by atoms with Crippen LogP contribution in [0, 0.1) is 116 Å². The van der Waals surface area contributed by atoms with E-state index in [0.29, 0.717) is 0 Å². The maximum absolute atomic E-state index is 15.4. The van der Waals surface area contributed by atoms with Gasteiger partial charge in [-0.1, -0.05) is 37.3 Å². The molecule has 0 saturated carbocycles. The van der Waals surface area contributed by atoms with Crippen LogP contribution in [0.3, 0.4) is 0 Å². The normalized spacial score (nSPS) is 11.6. The van der Waals surface area contributed by atoms with Crippen LogP contribution in [0.1, 0.15) is 18.1 Å². The molecule has 1 heterocycles. The summed E-state index contributed by atoms with van der Waals surface area (Å²) in [7, 11) is 0. The lowest BCUT2D eigenvalue weighted by molar-refractivity contribution is -0.688. The number of halogens is 20. The summed E-state index contributed by atoms with van der Waals surface area (Å²) in [6.07, 6.45) is -1.93. The van der Waals surface area contributed by atoms with Gasteiger partial charge >= 0.3 is 0 Å². The lowest BCUT2D eigenvalue weighted by Crippen LogP contribution is -2.81. The van der Waals surface area contributed by atoms with Gasteiger partial charge in [-0.25, -0.2) is 92.4 Å². The smallest absolute Gasteiger partial charge is 0.200 e. The number of aromatic nitrogens is 1. The van der Waals surface area contributed by atoms with Gasteiger partial charge in [-0.3, -0.25) is 0 Å². The van der Waals surface area contributed by atoms with Gasteiger partial charge in [-0.05, 0) is 12.0 Å². The first-order valence-electron chi connectivity index (χ1n) is 16.3. The second-order valence-corrected chi connectivity index (χ2v) is 12.5. The van der Waals surface area contributed by atoms with E-state index in [0.717, 1.165) is 13.0 Å². The fraction of sp³-hybridized carbons (Fsp3) is 0.0789. The SMILES string of the molecule is CCc1ccc(C[n+]2ccccc2)cc1.Fc1c(F)c(F)c([B-](c2c(F)c(F)c(F)c(F)c2F)(c2c(F)c(F)c(F)c(F)c2F)c2c(F)c(F)c(F)c(F)c2F)c(F)c1F. The van der Waals surface area contributed by atoms with E-state index in [1.165, 1.54) is 11.1 Å². The van der Waals surface area contributed by atoms with Crippen molar-refractivity contribution < 1.29 is 92.4 Å². The van der Waals surface area contributed by atoms with Crippen molar-refractivity contribution in [2.45, 2.75) is 19.9 Å². The molecule has 60 heavy (non-hydrogen) atoms. The van der Waals surface area contributed by atoms with Gasteiger partial charge in [0.15, 0.2) is 88.7 Å². The monoisotopic (exact) mass is 877 g/mol. The van der Waals surface area contributed by atoms with E-state index in [1.54, 1.807) is 0 Å². The third-order valence-electron chi connectivity index (χ3n) is 9.28. The van der Waals surface area contributed by atoms with Crippen LogP contribution < -0.4 is 26.4 Å². The summed E-state index contributed by atoms with van der Waals surface area (Å²) in [5.41, 5.74) is -11.6. The first-order chi connectivity index (χ1) is 28.1. The van der Waals surface area contributed by atoms with Gasteiger partial charge in [0.2, 0.25) is 0 Å². The van der Waals surface area contributed by atoms with Crippen LogP contribution in [0.5, 0.6) is 0 Å². The van der Waals surface area contributed by atoms with Crippen LogP contribution in [0.15, 0.2) is 54.9 Å². The lowest BCUT2D eigenvalue weighted by atomic mass is 9.12. The molecule has 0 fully saturated rings. The van der Waals surface area contributed by atoms with Crippen LogP contribution in [0.4, 0.5) is 87.8 Å². The fourth-order valence-electron chi connectivity index (χ4n) is 6.51. The van der Waals surface area contributed by atoms with Crippen molar-refractivity contribution in [2.24, 2.45) is 0 Å². The van der Waals surface area contributed by atoms with Gasteiger partial charge in [-0.15, -0.1) is 21.9 Å². The zero-order valence-electron chi connectivity index (χ0n) is 29.2.